The first-order valence-corrected chi connectivity index (χ1v) is 5.12. The first-order valence-electron chi connectivity index (χ1n) is 3.57. The fourth-order valence-corrected chi connectivity index (χ4v) is 1.22. The summed E-state index contributed by atoms with van der Waals surface area (Å²) in [4.78, 5) is 0. The second kappa shape index (κ2) is 4.69. The largest absolute Gasteiger partial charge is 0.237 e. The van der Waals surface area contributed by atoms with E-state index in [1.54, 1.807) is 13.8 Å². The van der Waals surface area contributed by atoms with E-state index in [0.29, 0.717) is 6.42 Å². The minimum absolute atomic E-state index is 0.236. The summed E-state index contributed by atoms with van der Waals surface area (Å²) in [5.74, 6) is 0. The van der Waals surface area contributed by atoms with Gasteiger partial charge in [-0.15, -0.1) is 0 Å². The number of nitrogens with one attached hydrogen (secondary N) is 1. The molecule has 0 aliphatic rings. The molecule has 0 aromatic heterocycles. The Hall–Kier alpha value is -0.130. The highest BCUT2D eigenvalue weighted by Crippen LogP contribution is 1.94. The number of sulfonamides is 1. The van der Waals surface area contributed by atoms with Crippen LogP contribution in [0.15, 0.2) is 0 Å². The molecule has 0 unspecified atom stereocenters. The molecule has 0 aromatic rings. The fourth-order valence-electron chi connectivity index (χ4n) is 0.453. The molecular formula is C6H14NO3S. The van der Waals surface area contributed by atoms with Crippen LogP contribution in [0.1, 0.15) is 20.3 Å². The predicted molar refractivity (Wildman–Crippen MR) is 42.2 cm³/mol. The van der Waals surface area contributed by atoms with Gasteiger partial charge in [-0.05, 0) is 20.3 Å². The average molecular weight is 180 g/mol. The topological polar surface area (TPSA) is 66.1 Å². The van der Waals surface area contributed by atoms with Crippen LogP contribution in [-0.2, 0) is 15.1 Å². The molecule has 0 saturated heterocycles. The van der Waals surface area contributed by atoms with Crippen molar-refractivity contribution in [2.45, 2.75) is 25.5 Å². The molecule has 4 nitrogen and oxygen atoms in total. The molecule has 1 radical (unpaired) electrons. The average Bonchev–Trinajstić information content (AvgIpc) is 1.88. The van der Waals surface area contributed by atoms with E-state index in [1.807, 2.05) is 0 Å². The normalized spacial score (nSPS) is 12.4. The smallest absolute Gasteiger partial charge is 0.213 e. The molecular weight excluding hydrogens is 166 g/mol. The van der Waals surface area contributed by atoms with Crippen LogP contribution < -0.4 is 4.72 Å². The SMILES string of the molecule is CC(C)S(=O)(=O)NCCC[O]. The van der Waals surface area contributed by atoms with Crippen LogP contribution in [0.4, 0.5) is 0 Å². The van der Waals surface area contributed by atoms with Crippen molar-refractivity contribution in [3.8, 4) is 0 Å². The Kier molecular flexibility index (Phi) is 4.63. The molecule has 0 fully saturated rings. The van der Waals surface area contributed by atoms with Gasteiger partial charge in [-0.25, -0.2) is 18.2 Å². The zero-order valence-corrected chi connectivity index (χ0v) is 7.65. The molecule has 0 bridgehead atoms. The summed E-state index contributed by atoms with van der Waals surface area (Å²) < 4.78 is 24.3. The third-order valence-electron chi connectivity index (χ3n) is 1.24. The molecule has 67 valence electrons. The summed E-state index contributed by atoms with van der Waals surface area (Å²) in [5, 5.41) is 9.53. The van der Waals surface area contributed by atoms with Gasteiger partial charge in [-0.1, -0.05) is 0 Å². The van der Waals surface area contributed by atoms with Crippen molar-refractivity contribution >= 4 is 10.0 Å². The van der Waals surface area contributed by atoms with Crippen LogP contribution in [0, 0.1) is 0 Å². The quantitative estimate of drug-likeness (QED) is 0.611. The van der Waals surface area contributed by atoms with Crippen LogP contribution in [0.3, 0.4) is 0 Å². The minimum atomic E-state index is -3.16. The molecule has 0 atom stereocenters. The second-order valence-corrected chi connectivity index (χ2v) is 4.87. The van der Waals surface area contributed by atoms with E-state index in [4.69, 9.17) is 0 Å². The van der Waals surface area contributed by atoms with Gasteiger partial charge in [0.2, 0.25) is 10.0 Å². The van der Waals surface area contributed by atoms with Crippen molar-refractivity contribution in [2.75, 3.05) is 13.2 Å². The highest BCUT2D eigenvalue weighted by Gasteiger charge is 2.13. The van der Waals surface area contributed by atoms with E-state index in [-0.39, 0.29) is 13.2 Å². The number of hydrogen-bond donors (Lipinski definition) is 1. The Labute approximate surface area is 67.7 Å². The first-order chi connectivity index (χ1) is 5.00. The highest BCUT2D eigenvalue weighted by molar-refractivity contribution is 7.90. The van der Waals surface area contributed by atoms with Gasteiger partial charge < -0.3 is 0 Å². The monoisotopic (exact) mass is 180 g/mol. The van der Waals surface area contributed by atoms with Crippen molar-refractivity contribution in [3.63, 3.8) is 0 Å². The van der Waals surface area contributed by atoms with Gasteiger partial charge >= 0.3 is 0 Å². The Morgan fingerprint density at radius 3 is 2.27 bits per heavy atom. The van der Waals surface area contributed by atoms with Crippen molar-refractivity contribution < 1.29 is 13.5 Å². The van der Waals surface area contributed by atoms with Gasteiger partial charge in [-0.3, -0.25) is 0 Å². The maximum atomic E-state index is 11.0. The Bertz CT molecular complexity index is 186. The lowest BCUT2D eigenvalue weighted by Gasteiger charge is -2.07. The van der Waals surface area contributed by atoms with Gasteiger partial charge in [0.05, 0.1) is 11.9 Å². The van der Waals surface area contributed by atoms with E-state index in [1.165, 1.54) is 0 Å². The molecule has 0 saturated carbocycles. The molecule has 11 heavy (non-hydrogen) atoms. The second-order valence-electron chi connectivity index (χ2n) is 2.55. The van der Waals surface area contributed by atoms with Crippen molar-refractivity contribution in [1.29, 1.82) is 0 Å². The standard InChI is InChI=1S/C6H14NO3S/c1-6(2)11(9,10)7-4-3-5-8/h6-7H,3-5H2,1-2H3. The molecule has 0 aromatic carbocycles. The minimum Gasteiger partial charge on any atom is -0.237 e. The lowest BCUT2D eigenvalue weighted by Crippen LogP contribution is -2.31. The number of rotatable bonds is 5. The van der Waals surface area contributed by atoms with E-state index in [2.05, 4.69) is 4.72 Å². The fraction of sp³-hybridized carbons (Fsp3) is 1.00. The molecule has 1 N–H and O–H groups in total. The summed E-state index contributed by atoms with van der Waals surface area (Å²) in [5.41, 5.74) is 0. The van der Waals surface area contributed by atoms with Gasteiger partial charge in [0.25, 0.3) is 0 Å². The molecule has 0 amide bonds. The summed E-state index contributed by atoms with van der Waals surface area (Å²) in [6, 6.07) is 0. The maximum Gasteiger partial charge on any atom is 0.213 e. The number of hydrogen-bond acceptors (Lipinski definition) is 2. The van der Waals surface area contributed by atoms with E-state index >= 15 is 0 Å². The summed E-state index contributed by atoms with van der Waals surface area (Å²) in [7, 11) is -3.16. The van der Waals surface area contributed by atoms with Crippen molar-refractivity contribution in [1.82, 2.24) is 4.72 Å². The maximum absolute atomic E-state index is 11.0. The van der Waals surface area contributed by atoms with Crippen LogP contribution in [0.5, 0.6) is 0 Å². The molecule has 0 spiro atoms. The van der Waals surface area contributed by atoms with Gasteiger partial charge in [0.15, 0.2) is 0 Å². The zero-order chi connectivity index (χ0) is 8.91. The third kappa shape index (κ3) is 4.34. The molecule has 0 heterocycles. The third-order valence-corrected chi connectivity index (χ3v) is 3.09. The van der Waals surface area contributed by atoms with Gasteiger partial charge in [0, 0.05) is 6.54 Å². The van der Waals surface area contributed by atoms with Crippen LogP contribution in [-0.4, -0.2) is 26.8 Å². The summed E-state index contributed by atoms with van der Waals surface area (Å²) in [6.45, 7) is 3.21. The first kappa shape index (κ1) is 10.9. The Balaban J connectivity index is 3.75. The van der Waals surface area contributed by atoms with Crippen LogP contribution >= 0.6 is 0 Å². The van der Waals surface area contributed by atoms with Gasteiger partial charge in [-0.2, -0.15) is 0 Å². The van der Waals surface area contributed by atoms with Crippen LogP contribution in [0.25, 0.3) is 0 Å². The predicted octanol–water partition coefficient (Wildman–Crippen LogP) is 0.135. The van der Waals surface area contributed by atoms with E-state index in [0.717, 1.165) is 0 Å². The zero-order valence-electron chi connectivity index (χ0n) is 6.83. The lowest BCUT2D eigenvalue weighted by molar-refractivity contribution is 0.190. The lowest BCUT2D eigenvalue weighted by atomic mass is 10.5. The van der Waals surface area contributed by atoms with Crippen molar-refractivity contribution in [3.05, 3.63) is 0 Å². The van der Waals surface area contributed by atoms with E-state index < -0.39 is 15.3 Å². The summed E-state index contributed by atoms with van der Waals surface area (Å²) >= 11 is 0. The Morgan fingerprint density at radius 2 is 1.91 bits per heavy atom. The van der Waals surface area contributed by atoms with Crippen LogP contribution in [0.2, 0.25) is 0 Å². The molecule has 5 heteroatoms. The van der Waals surface area contributed by atoms with Crippen molar-refractivity contribution in [2.24, 2.45) is 0 Å². The van der Waals surface area contributed by atoms with E-state index in [9.17, 15) is 13.5 Å². The summed E-state index contributed by atoms with van der Waals surface area (Å²) in [6.07, 6.45) is 0.353. The molecule has 0 rings (SSSR count). The highest BCUT2D eigenvalue weighted by atomic mass is 32.2. The Morgan fingerprint density at radius 1 is 1.36 bits per heavy atom. The van der Waals surface area contributed by atoms with Gasteiger partial charge in [0.1, 0.15) is 0 Å². The molecule has 0 aliphatic heterocycles. The molecule has 0 aliphatic carbocycles.